The van der Waals surface area contributed by atoms with Crippen molar-refractivity contribution < 1.29 is 14.3 Å². The van der Waals surface area contributed by atoms with Gasteiger partial charge >= 0.3 is 5.97 Å². The molecule has 0 aliphatic heterocycles. The van der Waals surface area contributed by atoms with Crippen molar-refractivity contribution >= 4 is 11.9 Å². The zero-order valence-electron chi connectivity index (χ0n) is 10.6. The van der Waals surface area contributed by atoms with Crippen LogP contribution in [0, 0.1) is 0 Å². The Hall–Kier alpha value is -1.10. The molecule has 0 rings (SSSR count). The molecule has 0 aromatic rings. The molecule has 16 heavy (non-hydrogen) atoms. The summed E-state index contributed by atoms with van der Waals surface area (Å²) in [6.07, 6.45) is 1.62. The van der Waals surface area contributed by atoms with Crippen molar-refractivity contribution in [3.05, 3.63) is 0 Å². The van der Waals surface area contributed by atoms with Crippen LogP contribution in [0.15, 0.2) is 0 Å². The van der Waals surface area contributed by atoms with Crippen LogP contribution in [0.2, 0.25) is 0 Å². The van der Waals surface area contributed by atoms with Crippen molar-refractivity contribution in [2.24, 2.45) is 0 Å². The number of hydrogen-bond acceptors (Lipinski definition) is 4. The van der Waals surface area contributed by atoms with Crippen molar-refractivity contribution in [1.82, 2.24) is 10.6 Å². The van der Waals surface area contributed by atoms with E-state index in [1.807, 2.05) is 13.8 Å². The molecule has 0 heterocycles. The van der Waals surface area contributed by atoms with Gasteiger partial charge in [0.25, 0.3) is 0 Å². The summed E-state index contributed by atoms with van der Waals surface area (Å²) >= 11 is 0. The zero-order valence-corrected chi connectivity index (χ0v) is 10.6. The maximum atomic E-state index is 11.5. The fourth-order valence-corrected chi connectivity index (χ4v) is 1.57. The molecule has 2 N–H and O–H groups in total. The number of hydrogen-bond donors (Lipinski definition) is 2. The van der Waals surface area contributed by atoms with Crippen molar-refractivity contribution in [2.45, 2.75) is 38.6 Å². The first-order chi connectivity index (χ1) is 7.53. The summed E-state index contributed by atoms with van der Waals surface area (Å²) in [7, 11) is 3.06. The molecule has 0 spiro atoms. The van der Waals surface area contributed by atoms with Crippen molar-refractivity contribution in [3.63, 3.8) is 0 Å². The van der Waals surface area contributed by atoms with Gasteiger partial charge < -0.3 is 15.4 Å². The third-order valence-electron chi connectivity index (χ3n) is 2.81. The van der Waals surface area contributed by atoms with Crippen LogP contribution >= 0.6 is 0 Å². The molecule has 0 fully saturated rings. The highest BCUT2D eigenvalue weighted by atomic mass is 16.5. The Bertz CT molecular complexity index is 237. The highest BCUT2D eigenvalue weighted by Crippen LogP contribution is 2.20. The smallest absolute Gasteiger partial charge is 0.307 e. The standard InChI is InChI=1S/C11H22N2O3/c1-5-11(6-2,7-10(15)16-4)13-9(14)8-12-3/h12H,5-8H2,1-4H3,(H,13,14). The number of rotatable bonds is 7. The van der Waals surface area contributed by atoms with Gasteiger partial charge in [-0.3, -0.25) is 9.59 Å². The number of amides is 1. The number of methoxy groups -OCH3 is 1. The normalized spacial score (nSPS) is 11.0. The molecule has 5 heteroatoms. The van der Waals surface area contributed by atoms with Crippen LogP contribution in [0.3, 0.4) is 0 Å². The predicted molar refractivity (Wildman–Crippen MR) is 62.0 cm³/mol. The van der Waals surface area contributed by atoms with Gasteiger partial charge in [-0.25, -0.2) is 0 Å². The van der Waals surface area contributed by atoms with E-state index >= 15 is 0 Å². The minimum absolute atomic E-state index is 0.102. The maximum absolute atomic E-state index is 11.5. The van der Waals surface area contributed by atoms with E-state index in [1.54, 1.807) is 7.05 Å². The third-order valence-corrected chi connectivity index (χ3v) is 2.81. The molecule has 0 saturated carbocycles. The number of likely N-dealkylation sites (N-methyl/N-ethyl adjacent to an activating group) is 1. The summed E-state index contributed by atoms with van der Waals surface area (Å²) in [5.41, 5.74) is -0.485. The number of esters is 1. The summed E-state index contributed by atoms with van der Waals surface area (Å²) in [5.74, 6) is -0.399. The van der Waals surface area contributed by atoms with Crippen molar-refractivity contribution in [1.29, 1.82) is 0 Å². The second-order valence-electron chi connectivity index (χ2n) is 3.82. The molecule has 0 aromatic heterocycles. The second-order valence-corrected chi connectivity index (χ2v) is 3.82. The lowest BCUT2D eigenvalue weighted by Crippen LogP contribution is -2.51. The maximum Gasteiger partial charge on any atom is 0.307 e. The average molecular weight is 230 g/mol. The highest BCUT2D eigenvalue weighted by molar-refractivity contribution is 5.80. The minimum atomic E-state index is -0.485. The van der Waals surface area contributed by atoms with Gasteiger partial charge in [0.2, 0.25) is 5.91 Å². The lowest BCUT2D eigenvalue weighted by atomic mass is 9.89. The summed E-state index contributed by atoms with van der Waals surface area (Å²) in [4.78, 5) is 22.8. The van der Waals surface area contributed by atoms with E-state index < -0.39 is 5.54 Å². The van der Waals surface area contributed by atoms with E-state index in [0.717, 1.165) is 0 Å². The van der Waals surface area contributed by atoms with Gasteiger partial charge in [0.05, 0.1) is 25.6 Å². The van der Waals surface area contributed by atoms with Gasteiger partial charge in [-0.05, 0) is 19.9 Å². The lowest BCUT2D eigenvalue weighted by molar-refractivity contribution is -0.142. The Morgan fingerprint density at radius 1 is 1.25 bits per heavy atom. The SMILES string of the molecule is CCC(CC)(CC(=O)OC)NC(=O)CNC. The van der Waals surface area contributed by atoms with Gasteiger partial charge in [0, 0.05) is 0 Å². The van der Waals surface area contributed by atoms with Crippen LogP contribution in [0.4, 0.5) is 0 Å². The first kappa shape index (κ1) is 14.9. The fraction of sp³-hybridized carbons (Fsp3) is 0.818. The molecule has 0 atom stereocenters. The van der Waals surface area contributed by atoms with Gasteiger partial charge in [-0.15, -0.1) is 0 Å². The van der Waals surface area contributed by atoms with Crippen molar-refractivity contribution in [2.75, 3.05) is 20.7 Å². The van der Waals surface area contributed by atoms with Gasteiger partial charge in [0.15, 0.2) is 0 Å². The van der Waals surface area contributed by atoms with Crippen LogP contribution in [0.5, 0.6) is 0 Å². The largest absolute Gasteiger partial charge is 0.469 e. The highest BCUT2D eigenvalue weighted by Gasteiger charge is 2.31. The van der Waals surface area contributed by atoms with E-state index in [4.69, 9.17) is 0 Å². The topological polar surface area (TPSA) is 67.4 Å². The van der Waals surface area contributed by atoms with Gasteiger partial charge in [0.1, 0.15) is 0 Å². The van der Waals surface area contributed by atoms with E-state index in [1.165, 1.54) is 7.11 Å². The van der Waals surface area contributed by atoms with Gasteiger partial charge in [-0.2, -0.15) is 0 Å². The summed E-state index contributed by atoms with van der Waals surface area (Å²) in [6, 6.07) is 0. The van der Waals surface area contributed by atoms with E-state index in [-0.39, 0.29) is 24.8 Å². The van der Waals surface area contributed by atoms with Crippen LogP contribution in [0.1, 0.15) is 33.1 Å². The molecule has 5 nitrogen and oxygen atoms in total. The number of carbonyl (C=O) groups is 2. The lowest BCUT2D eigenvalue weighted by Gasteiger charge is -2.31. The minimum Gasteiger partial charge on any atom is -0.469 e. The van der Waals surface area contributed by atoms with Crippen LogP contribution in [-0.4, -0.2) is 38.1 Å². The summed E-state index contributed by atoms with van der Waals surface area (Å²) in [5, 5.41) is 5.67. The second kappa shape index (κ2) is 7.22. The zero-order chi connectivity index (χ0) is 12.6. The Labute approximate surface area is 96.9 Å². The Morgan fingerprint density at radius 2 is 1.81 bits per heavy atom. The van der Waals surface area contributed by atoms with E-state index in [9.17, 15) is 9.59 Å². The molecule has 0 aromatic carbocycles. The Kier molecular flexibility index (Phi) is 6.72. The quantitative estimate of drug-likeness (QED) is 0.623. The average Bonchev–Trinajstić information content (AvgIpc) is 2.28. The Morgan fingerprint density at radius 3 is 2.19 bits per heavy atom. The first-order valence-electron chi connectivity index (χ1n) is 5.56. The molecule has 0 unspecified atom stereocenters. The van der Waals surface area contributed by atoms with Crippen LogP contribution in [-0.2, 0) is 14.3 Å². The molecular weight excluding hydrogens is 208 g/mol. The molecule has 0 saturated heterocycles. The van der Waals surface area contributed by atoms with Crippen LogP contribution < -0.4 is 10.6 Å². The van der Waals surface area contributed by atoms with E-state index in [0.29, 0.717) is 12.8 Å². The third kappa shape index (κ3) is 4.61. The first-order valence-corrected chi connectivity index (χ1v) is 5.56. The van der Waals surface area contributed by atoms with Gasteiger partial charge in [-0.1, -0.05) is 13.8 Å². The van der Waals surface area contributed by atoms with E-state index in [2.05, 4.69) is 15.4 Å². The van der Waals surface area contributed by atoms with Crippen LogP contribution in [0.25, 0.3) is 0 Å². The molecule has 1 amide bonds. The predicted octanol–water partition coefficient (Wildman–Crippen LogP) is 0.444. The molecule has 0 radical (unpaired) electrons. The summed E-state index contributed by atoms with van der Waals surface area (Å²) < 4.78 is 4.65. The fourth-order valence-electron chi connectivity index (χ4n) is 1.57. The molecule has 0 bridgehead atoms. The van der Waals surface area contributed by atoms with Crippen molar-refractivity contribution in [3.8, 4) is 0 Å². The molecular formula is C11H22N2O3. The molecule has 0 aliphatic rings. The monoisotopic (exact) mass is 230 g/mol. The summed E-state index contributed by atoms with van der Waals surface area (Å²) in [6.45, 7) is 4.15. The number of nitrogens with one attached hydrogen (secondary N) is 2. The number of ether oxygens (including phenoxy) is 1. The Balaban J connectivity index is 4.54. The molecule has 0 aliphatic carbocycles. The molecule has 94 valence electrons. The number of carbonyl (C=O) groups excluding carboxylic acids is 2.